The molecule has 0 amide bonds. The zero-order chi connectivity index (χ0) is 18.2. The zero-order valence-corrected chi connectivity index (χ0v) is 13.9. The Kier molecular flexibility index (Phi) is 4.15. The molecule has 0 saturated heterocycles. The van der Waals surface area contributed by atoms with Crippen molar-refractivity contribution >= 4 is 27.0 Å². The van der Waals surface area contributed by atoms with Crippen molar-refractivity contribution in [2.24, 2.45) is 0 Å². The standard InChI is InChI=1S/C18H12FNO4S/c1-25(22,23)16-6-5-12(8-15(16)19)14-10-24-18(21)17(14)13-4-2-3-11(7-13)9-20/h2-8H,10H2,1H3. The minimum atomic E-state index is -3.68. The van der Waals surface area contributed by atoms with Gasteiger partial charge in [-0.25, -0.2) is 17.6 Å². The fourth-order valence-electron chi connectivity index (χ4n) is 2.66. The van der Waals surface area contributed by atoms with E-state index < -0.39 is 26.5 Å². The molecule has 0 unspecified atom stereocenters. The van der Waals surface area contributed by atoms with E-state index in [0.29, 0.717) is 22.3 Å². The fraction of sp³-hybridized carbons (Fsp3) is 0.111. The van der Waals surface area contributed by atoms with Crippen LogP contribution < -0.4 is 0 Å². The zero-order valence-electron chi connectivity index (χ0n) is 13.1. The Morgan fingerprint density at radius 3 is 2.56 bits per heavy atom. The van der Waals surface area contributed by atoms with E-state index in [2.05, 4.69) is 0 Å². The second-order valence-corrected chi connectivity index (χ2v) is 7.52. The summed E-state index contributed by atoms with van der Waals surface area (Å²) in [5.41, 5.74) is 1.91. The van der Waals surface area contributed by atoms with Crippen LogP contribution in [0.4, 0.5) is 4.39 Å². The molecule has 0 bridgehead atoms. The largest absolute Gasteiger partial charge is 0.457 e. The first-order chi connectivity index (χ1) is 11.8. The molecule has 25 heavy (non-hydrogen) atoms. The minimum absolute atomic E-state index is 0.0530. The number of carbonyl (C=O) groups is 1. The first kappa shape index (κ1) is 16.9. The average molecular weight is 357 g/mol. The Balaban J connectivity index is 2.17. The van der Waals surface area contributed by atoms with Crippen molar-refractivity contribution in [3.63, 3.8) is 0 Å². The highest BCUT2D eigenvalue weighted by molar-refractivity contribution is 7.90. The van der Waals surface area contributed by atoms with Crippen molar-refractivity contribution in [2.75, 3.05) is 12.9 Å². The smallest absolute Gasteiger partial charge is 0.339 e. The van der Waals surface area contributed by atoms with Crippen LogP contribution in [-0.2, 0) is 19.4 Å². The molecule has 0 N–H and O–H groups in total. The minimum Gasteiger partial charge on any atom is -0.457 e. The van der Waals surface area contributed by atoms with Crippen molar-refractivity contribution in [2.45, 2.75) is 4.90 Å². The number of rotatable bonds is 3. The first-order valence-corrected chi connectivity index (χ1v) is 9.11. The first-order valence-electron chi connectivity index (χ1n) is 7.22. The molecule has 2 aromatic rings. The van der Waals surface area contributed by atoms with Gasteiger partial charge in [0.05, 0.1) is 17.2 Å². The number of nitrogens with zero attached hydrogens (tertiary/aromatic N) is 1. The Hall–Kier alpha value is -2.98. The predicted molar refractivity (Wildman–Crippen MR) is 88.4 cm³/mol. The molecule has 0 spiro atoms. The Bertz CT molecular complexity index is 1060. The molecule has 7 heteroatoms. The summed E-state index contributed by atoms with van der Waals surface area (Å²) >= 11 is 0. The third-order valence-corrected chi connectivity index (χ3v) is 4.94. The van der Waals surface area contributed by atoms with Gasteiger partial charge in [-0.1, -0.05) is 18.2 Å². The lowest BCUT2D eigenvalue weighted by atomic mass is 9.95. The van der Waals surface area contributed by atoms with Gasteiger partial charge in [0.15, 0.2) is 9.84 Å². The number of nitriles is 1. The molecule has 0 radical (unpaired) electrons. The van der Waals surface area contributed by atoms with E-state index in [1.54, 1.807) is 24.3 Å². The Labute approximate surface area is 143 Å². The van der Waals surface area contributed by atoms with E-state index >= 15 is 0 Å². The van der Waals surface area contributed by atoms with Crippen molar-refractivity contribution < 1.29 is 22.3 Å². The van der Waals surface area contributed by atoms with Gasteiger partial charge >= 0.3 is 5.97 Å². The van der Waals surface area contributed by atoms with Crippen molar-refractivity contribution in [3.8, 4) is 6.07 Å². The molecule has 1 heterocycles. The highest BCUT2D eigenvalue weighted by Crippen LogP contribution is 2.34. The van der Waals surface area contributed by atoms with Gasteiger partial charge in [-0.05, 0) is 35.4 Å². The van der Waals surface area contributed by atoms with E-state index in [1.807, 2.05) is 6.07 Å². The molecule has 5 nitrogen and oxygen atoms in total. The molecule has 0 aromatic heterocycles. The quantitative estimate of drug-likeness (QED) is 0.788. The lowest BCUT2D eigenvalue weighted by Crippen LogP contribution is -2.02. The van der Waals surface area contributed by atoms with E-state index in [-0.39, 0.29) is 12.2 Å². The summed E-state index contributed by atoms with van der Waals surface area (Å²) in [6, 6.07) is 12.1. The lowest BCUT2D eigenvalue weighted by Gasteiger charge is -2.07. The van der Waals surface area contributed by atoms with Gasteiger partial charge in [0.25, 0.3) is 0 Å². The second kappa shape index (κ2) is 6.15. The van der Waals surface area contributed by atoms with E-state index in [0.717, 1.165) is 12.3 Å². The van der Waals surface area contributed by atoms with Gasteiger partial charge in [0.2, 0.25) is 0 Å². The number of ether oxygens (including phenoxy) is 1. The van der Waals surface area contributed by atoms with Gasteiger partial charge in [-0.15, -0.1) is 0 Å². The molecule has 1 aliphatic rings. The van der Waals surface area contributed by atoms with Gasteiger partial charge < -0.3 is 4.74 Å². The molecule has 1 aliphatic heterocycles. The van der Waals surface area contributed by atoms with Crippen LogP contribution in [0.5, 0.6) is 0 Å². The number of sulfone groups is 1. The van der Waals surface area contributed by atoms with E-state index in [1.165, 1.54) is 12.1 Å². The lowest BCUT2D eigenvalue weighted by molar-refractivity contribution is -0.133. The maximum Gasteiger partial charge on any atom is 0.339 e. The summed E-state index contributed by atoms with van der Waals surface area (Å²) in [4.78, 5) is 11.7. The van der Waals surface area contributed by atoms with Gasteiger partial charge in [-0.3, -0.25) is 0 Å². The van der Waals surface area contributed by atoms with Crippen LogP contribution in [-0.4, -0.2) is 27.2 Å². The number of hydrogen-bond acceptors (Lipinski definition) is 5. The summed E-state index contributed by atoms with van der Waals surface area (Å²) in [6.45, 7) is -0.0530. The number of cyclic esters (lactones) is 1. The van der Waals surface area contributed by atoms with E-state index in [4.69, 9.17) is 10.00 Å². The van der Waals surface area contributed by atoms with Gasteiger partial charge in [-0.2, -0.15) is 5.26 Å². The molecular formula is C18H12FNO4S. The molecule has 0 atom stereocenters. The Morgan fingerprint density at radius 1 is 1.16 bits per heavy atom. The van der Waals surface area contributed by atoms with Gasteiger partial charge in [0, 0.05) is 11.8 Å². The van der Waals surface area contributed by atoms with Crippen LogP contribution in [0.25, 0.3) is 11.1 Å². The van der Waals surface area contributed by atoms with Crippen LogP contribution in [0.2, 0.25) is 0 Å². The molecule has 0 aliphatic carbocycles. The third kappa shape index (κ3) is 3.16. The van der Waals surface area contributed by atoms with Crippen LogP contribution in [0.15, 0.2) is 47.4 Å². The summed E-state index contributed by atoms with van der Waals surface area (Å²) in [5.74, 6) is -1.46. The summed E-state index contributed by atoms with van der Waals surface area (Å²) < 4.78 is 42.3. The average Bonchev–Trinajstić information content (AvgIpc) is 2.95. The number of esters is 1. The van der Waals surface area contributed by atoms with Crippen LogP contribution in [0, 0.1) is 17.1 Å². The highest BCUT2D eigenvalue weighted by Gasteiger charge is 2.28. The van der Waals surface area contributed by atoms with Crippen molar-refractivity contribution in [3.05, 3.63) is 65.0 Å². The van der Waals surface area contributed by atoms with Crippen LogP contribution >= 0.6 is 0 Å². The summed E-state index contributed by atoms with van der Waals surface area (Å²) in [5, 5.41) is 9.01. The molecule has 0 fully saturated rings. The molecular weight excluding hydrogens is 345 g/mol. The highest BCUT2D eigenvalue weighted by atomic mass is 32.2. The van der Waals surface area contributed by atoms with E-state index in [9.17, 15) is 17.6 Å². The second-order valence-electron chi connectivity index (χ2n) is 5.54. The van der Waals surface area contributed by atoms with Crippen LogP contribution in [0.3, 0.4) is 0 Å². The topological polar surface area (TPSA) is 84.2 Å². The fourth-order valence-corrected chi connectivity index (χ4v) is 3.39. The molecule has 2 aromatic carbocycles. The molecule has 126 valence electrons. The SMILES string of the molecule is CS(=O)(=O)c1ccc(C2=C(c3cccc(C#N)c3)C(=O)OC2)cc1F. The van der Waals surface area contributed by atoms with Crippen LogP contribution in [0.1, 0.15) is 16.7 Å². The van der Waals surface area contributed by atoms with Crippen molar-refractivity contribution in [1.29, 1.82) is 5.26 Å². The summed E-state index contributed by atoms with van der Waals surface area (Å²) in [7, 11) is -3.68. The third-order valence-electron chi connectivity index (χ3n) is 3.81. The normalized spacial score (nSPS) is 14.4. The Morgan fingerprint density at radius 2 is 1.92 bits per heavy atom. The maximum atomic E-state index is 14.2. The van der Waals surface area contributed by atoms with Crippen molar-refractivity contribution in [1.82, 2.24) is 0 Å². The molecule has 0 saturated carbocycles. The number of hydrogen-bond donors (Lipinski definition) is 0. The molecule has 3 rings (SSSR count). The number of carbonyl (C=O) groups excluding carboxylic acids is 1. The van der Waals surface area contributed by atoms with Gasteiger partial charge in [0.1, 0.15) is 17.3 Å². The number of benzene rings is 2. The number of halogens is 1. The maximum absolute atomic E-state index is 14.2. The monoisotopic (exact) mass is 357 g/mol. The predicted octanol–water partition coefficient (Wildman–Crippen LogP) is 2.57. The summed E-state index contributed by atoms with van der Waals surface area (Å²) in [6.07, 6.45) is 0.922.